The molecule has 2 N–H and O–H groups in total. The molecule has 0 saturated carbocycles. The number of nitrogens with one attached hydrogen (secondary N) is 2. The van der Waals surface area contributed by atoms with E-state index in [4.69, 9.17) is 4.42 Å². The Morgan fingerprint density at radius 2 is 1.71 bits per heavy atom. The first-order chi connectivity index (χ1) is 15.2. The molecule has 3 amide bonds. The van der Waals surface area contributed by atoms with E-state index in [1.54, 1.807) is 49.2 Å². The van der Waals surface area contributed by atoms with Crippen LogP contribution >= 0.6 is 0 Å². The molecule has 1 aromatic carbocycles. The average molecular weight is 420 g/mol. The van der Waals surface area contributed by atoms with Crippen molar-refractivity contribution in [1.29, 1.82) is 0 Å². The van der Waals surface area contributed by atoms with E-state index in [-0.39, 0.29) is 11.9 Å². The molecule has 0 aliphatic carbocycles. The SMILES string of the molecule is O=C(NCc1ccoc1)Nc1ccc(CC(=O)N2CCN(c3ncccn3)CC2)cc1. The van der Waals surface area contributed by atoms with Crippen LogP contribution < -0.4 is 15.5 Å². The van der Waals surface area contributed by atoms with Crippen molar-refractivity contribution in [2.24, 2.45) is 0 Å². The first kappa shape index (κ1) is 20.4. The molecule has 2 aromatic heterocycles. The van der Waals surface area contributed by atoms with E-state index in [1.165, 1.54) is 0 Å². The van der Waals surface area contributed by atoms with Crippen LogP contribution in [0.5, 0.6) is 0 Å². The monoisotopic (exact) mass is 420 g/mol. The zero-order valence-corrected chi connectivity index (χ0v) is 17.0. The number of aromatic nitrogens is 2. The van der Waals surface area contributed by atoms with Gasteiger partial charge in [0.1, 0.15) is 0 Å². The highest BCUT2D eigenvalue weighted by Gasteiger charge is 2.22. The number of piperazine rings is 1. The number of carbonyl (C=O) groups excluding carboxylic acids is 2. The number of benzene rings is 1. The number of anilines is 2. The van der Waals surface area contributed by atoms with Gasteiger partial charge in [0.2, 0.25) is 11.9 Å². The van der Waals surface area contributed by atoms with Crippen LogP contribution in [0.25, 0.3) is 0 Å². The van der Waals surface area contributed by atoms with Crippen molar-refractivity contribution in [2.45, 2.75) is 13.0 Å². The van der Waals surface area contributed by atoms with Gasteiger partial charge in [-0.2, -0.15) is 0 Å². The first-order valence-electron chi connectivity index (χ1n) is 10.1. The molecule has 1 fully saturated rings. The number of hydrogen-bond donors (Lipinski definition) is 2. The molecule has 1 aliphatic rings. The van der Waals surface area contributed by atoms with E-state index in [0.29, 0.717) is 50.8 Å². The van der Waals surface area contributed by atoms with Gasteiger partial charge >= 0.3 is 6.03 Å². The van der Waals surface area contributed by atoms with Crippen LogP contribution in [0.3, 0.4) is 0 Å². The van der Waals surface area contributed by atoms with Crippen LogP contribution in [-0.2, 0) is 17.8 Å². The molecule has 3 heterocycles. The number of furan rings is 1. The van der Waals surface area contributed by atoms with E-state index in [9.17, 15) is 9.59 Å². The van der Waals surface area contributed by atoms with Crippen LogP contribution in [0.1, 0.15) is 11.1 Å². The van der Waals surface area contributed by atoms with Gasteiger partial charge in [0, 0.05) is 56.4 Å². The van der Waals surface area contributed by atoms with Crippen LogP contribution in [0, 0.1) is 0 Å². The lowest BCUT2D eigenvalue weighted by Crippen LogP contribution is -2.49. The summed E-state index contributed by atoms with van der Waals surface area (Å²) in [6, 6.07) is 10.6. The largest absolute Gasteiger partial charge is 0.472 e. The minimum Gasteiger partial charge on any atom is -0.472 e. The second-order valence-electron chi connectivity index (χ2n) is 7.23. The molecule has 0 atom stereocenters. The number of amides is 3. The van der Waals surface area contributed by atoms with E-state index >= 15 is 0 Å². The molecule has 9 heteroatoms. The summed E-state index contributed by atoms with van der Waals surface area (Å²) in [6.07, 6.45) is 6.92. The molecular formula is C22H24N6O3. The summed E-state index contributed by atoms with van der Waals surface area (Å²) < 4.78 is 4.97. The highest BCUT2D eigenvalue weighted by Crippen LogP contribution is 2.14. The number of hydrogen-bond acceptors (Lipinski definition) is 6. The zero-order valence-electron chi connectivity index (χ0n) is 17.0. The van der Waals surface area contributed by atoms with Crippen molar-refractivity contribution in [3.8, 4) is 0 Å². The van der Waals surface area contributed by atoms with Gasteiger partial charge in [-0.15, -0.1) is 0 Å². The second-order valence-corrected chi connectivity index (χ2v) is 7.23. The van der Waals surface area contributed by atoms with Crippen molar-refractivity contribution in [3.63, 3.8) is 0 Å². The molecule has 0 radical (unpaired) electrons. The summed E-state index contributed by atoms with van der Waals surface area (Å²) in [6.45, 7) is 3.11. The van der Waals surface area contributed by atoms with Gasteiger partial charge in [0.15, 0.2) is 0 Å². The van der Waals surface area contributed by atoms with E-state index in [0.717, 1.165) is 11.1 Å². The Bertz CT molecular complexity index is 984. The molecule has 31 heavy (non-hydrogen) atoms. The van der Waals surface area contributed by atoms with Crippen LogP contribution in [0.15, 0.2) is 65.7 Å². The number of urea groups is 1. The lowest BCUT2D eigenvalue weighted by atomic mass is 10.1. The van der Waals surface area contributed by atoms with Crippen molar-refractivity contribution in [2.75, 3.05) is 36.4 Å². The smallest absolute Gasteiger partial charge is 0.319 e. The van der Waals surface area contributed by atoms with Gasteiger partial charge in [0.05, 0.1) is 18.9 Å². The van der Waals surface area contributed by atoms with Gasteiger partial charge < -0.3 is 24.9 Å². The molecule has 3 aromatic rings. The number of carbonyl (C=O) groups is 2. The Balaban J connectivity index is 1.22. The van der Waals surface area contributed by atoms with Crippen molar-refractivity contribution < 1.29 is 14.0 Å². The van der Waals surface area contributed by atoms with Gasteiger partial charge in [-0.1, -0.05) is 12.1 Å². The topological polar surface area (TPSA) is 104 Å². The fraction of sp³-hybridized carbons (Fsp3) is 0.273. The maximum absolute atomic E-state index is 12.7. The molecule has 9 nitrogen and oxygen atoms in total. The minimum atomic E-state index is -0.301. The Kier molecular flexibility index (Phi) is 6.41. The summed E-state index contributed by atoms with van der Waals surface area (Å²) in [5, 5.41) is 5.53. The predicted molar refractivity (Wildman–Crippen MR) is 116 cm³/mol. The average Bonchev–Trinajstić information content (AvgIpc) is 3.33. The zero-order chi connectivity index (χ0) is 21.5. The van der Waals surface area contributed by atoms with E-state index < -0.39 is 0 Å². The summed E-state index contributed by atoms with van der Waals surface area (Å²) in [5.41, 5.74) is 2.46. The third-order valence-corrected chi connectivity index (χ3v) is 5.07. The minimum absolute atomic E-state index is 0.0900. The van der Waals surface area contributed by atoms with Gasteiger partial charge in [0.25, 0.3) is 0 Å². The molecular weight excluding hydrogens is 396 g/mol. The van der Waals surface area contributed by atoms with Gasteiger partial charge in [-0.3, -0.25) is 4.79 Å². The third kappa shape index (κ3) is 5.59. The van der Waals surface area contributed by atoms with Gasteiger partial charge in [-0.25, -0.2) is 14.8 Å². The molecule has 0 spiro atoms. The Hall–Kier alpha value is -3.88. The van der Waals surface area contributed by atoms with Crippen molar-refractivity contribution in [1.82, 2.24) is 20.2 Å². The van der Waals surface area contributed by atoms with Gasteiger partial charge in [-0.05, 0) is 29.8 Å². The predicted octanol–water partition coefficient (Wildman–Crippen LogP) is 2.28. The molecule has 0 bridgehead atoms. The summed E-state index contributed by atoms with van der Waals surface area (Å²) in [5.74, 6) is 0.790. The maximum atomic E-state index is 12.7. The van der Waals surface area contributed by atoms with Crippen molar-refractivity contribution >= 4 is 23.6 Å². The Morgan fingerprint density at radius 1 is 0.968 bits per heavy atom. The lowest BCUT2D eigenvalue weighted by molar-refractivity contribution is -0.130. The second kappa shape index (κ2) is 9.75. The van der Waals surface area contributed by atoms with Crippen LogP contribution in [0.2, 0.25) is 0 Å². The number of rotatable bonds is 6. The number of nitrogens with zero attached hydrogens (tertiary/aromatic N) is 4. The quantitative estimate of drug-likeness (QED) is 0.634. The lowest BCUT2D eigenvalue weighted by Gasteiger charge is -2.34. The fourth-order valence-electron chi connectivity index (χ4n) is 3.35. The summed E-state index contributed by atoms with van der Waals surface area (Å²) in [7, 11) is 0. The van der Waals surface area contributed by atoms with Crippen molar-refractivity contribution in [3.05, 3.63) is 72.4 Å². The Labute approximate surface area is 180 Å². The standard InChI is InChI=1S/C22H24N6O3/c29-20(27-9-11-28(12-10-27)21-23-7-1-8-24-21)14-17-2-4-19(5-3-17)26-22(30)25-15-18-6-13-31-16-18/h1-8,13,16H,9-12,14-15H2,(H2,25,26,30). The third-order valence-electron chi connectivity index (χ3n) is 5.07. The van der Waals surface area contributed by atoms with E-state index in [2.05, 4.69) is 25.5 Å². The molecule has 1 saturated heterocycles. The first-order valence-corrected chi connectivity index (χ1v) is 10.1. The molecule has 4 rings (SSSR count). The van der Waals surface area contributed by atoms with Crippen LogP contribution in [0.4, 0.5) is 16.4 Å². The highest BCUT2D eigenvalue weighted by molar-refractivity contribution is 5.89. The fourth-order valence-corrected chi connectivity index (χ4v) is 3.35. The normalized spacial score (nSPS) is 13.7. The summed E-state index contributed by atoms with van der Waals surface area (Å²) >= 11 is 0. The van der Waals surface area contributed by atoms with E-state index in [1.807, 2.05) is 17.0 Å². The Morgan fingerprint density at radius 3 is 2.39 bits per heavy atom. The van der Waals surface area contributed by atoms with Crippen LogP contribution in [-0.4, -0.2) is 53.0 Å². The molecule has 0 unspecified atom stereocenters. The molecule has 1 aliphatic heterocycles. The summed E-state index contributed by atoms with van der Waals surface area (Å²) in [4.78, 5) is 37.1. The molecule has 160 valence electrons. The maximum Gasteiger partial charge on any atom is 0.319 e. The highest BCUT2D eigenvalue weighted by atomic mass is 16.3.